The Morgan fingerprint density at radius 1 is 1.33 bits per heavy atom. The SMILES string of the molecule is COc1cccc2c(C)nn(C(C)C)c12. The average Bonchev–Trinajstić information content (AvgIpc) is 2.56. The van der Waals surface area contributed by atoms with Crippen molar-refractivity contribution >= 4 is 10.9 Å². The number of aromatic nitrogens is 2. The Balaban J connectivity index is 2.82. The van der Waals surface area contributed by atoms with E-state index in [0.29, 0.717) is 6.04 Å². The number of fused-ring (bicyclic) bond motifs is 1. The van der Waals surface area contributed by atoms with Crippen molar-refractivity contribution in [1.82, 2.24) is 9.78 Å². The first-order valence-corrected chi connectivity index (χ1v) is 5.17. The first-order valence-electron chi connectivity index (χ1n) is 5.17. The molecule has 0 aliphatic carbocycles. The molecule has 0 unspecified atom stereocenters. The smallest absolute Gasteiger partial charge is 0.144 e. The zero-order valence-corrected chi connectivity index (χ0v) is 9.61. The monoisotopic (exact) mass is 204 g/mol. The molecule has 0 amide bonds. The fourth-order valence-corrected chi connectivity index (χ4v) is 1.85. The summed E-state index contributed by atoms with van der Waals surface area (Å²) in [6.45, 7) is 6.28. The summed E-state index contributed by atoms with van der Waals surface area (Å²) in [6.07, 6.45) is 0. The van der Waals surface area contributed by atoms with Crippen LogP contribution in [-0.4, -0.2) is 16.9 Å². The highest BCUT2D eigenvalue weighted by atomic mass is 16.5. The highest BCUT2D eigenvalue weighted by Crippen LogP contribution is 2.29. The average molecular weight is 204 g/mol. The van der Waals surface area contributed by atoms with Crippen LogP contribution in [0, 0.1) is 6.92 Å². The molecule has 0 spiro atoms. The molecule has 15 heavy (non-hydrogen) atoms. The summed E-state index contributed by atoms with van der Waals surface area (Å²) in [6, 6.07) is 6.40. The van der Waals surface area contributed by atoms with Crippen LogP contribution in [0.4, 0.5) is 0 Å². The van der Waals surface area contributed by atoms with Gasteiger partial charge in [0.15, 0.2) is 0 Å². The molecule has 3 heteroatoms. The number of ether oxygens (including phenoxy) is 1. The van der Waals surface area contributed by atoms with Crippen molar-refractivity contribution in [3.63, 3.8) is 0 Å². The Labute approximate surface area is 89.7 Å². The summed E-state index contributed by atoms with van der Waals surface area (Å²) in [7, 11) is 1.70. The van der Waals surface area contributed by atoms with Gasteiger partial charge in [-0.3, -0.25) is 4.68 Å². The highest BCUT2D eigenvalue weighted by molar-refractivity contribution is 5.87. The second-order valence-corrected chi connectivity index (χ2v) is 3.98. The third kappa shape index (κ3) is 1.48. The number of benzene rings is 1. The number of hydrogen-bond acceptors (Lipinski definition) is 2. The van der Waals surface area contributed by atoms with Gasteiger partial charge < -0.3 is 4.74 Å². The third-order valence-electron chi connectivity index (χ3n) is 2.58. The number of rotatable bonds is 2. The summed E-state index contributed by atoms with van der Waals surface area (Å²) in [5.41, 5.74) is 2.14. The molecule has 0 bridgehead atoms. The molecule has 0 radical (unpaired) electrons. The summed E-state index contributed by atoms with van der Waals surface area (Å²) in [4.78, 5) is 0. The van der Waals surface area contributed by atoms with Crippen LogP contribution in [0.2, 0.25) is 0 Å². The second kappa shape index (κ2) is 3.57. The molecule has 0 saturated carbocycles. The molecular formula is C12H16N2O. The van der Waals surface area contributed by atoms with Crippen molar-refractivity contribution in [2.24, 2.45) is 0 Å². The van der Waals surface area contributed by atoms with Crippen molar-refractivity contribution in [3.05, 3.63) is 23.9 Å². The molecule has 2 aromatic rings. The van der Waals surface area contributed by atoms with Crippen LogP contribution in [0.5, 0.6) is 5.75 Å². The third-order valence-corrected chi connectivity index (χ3v) is 2.58. The molecular weight excluding hydrogens is 188 g/mol. The van der Waals surface area contributed by atoms with Gasteiger partial charge in [0.25, 0.3) is 0 Å². The van der Waals surface area contributed by atoms with E-state index in [1.165, 1.54) is 5.39 Å². The van der Waals surface area contributed by atoms with Gasteiger partial charge in [-0.25, -0.2) is 0 Å². The second-order valence-electron chi connectivity index (χ2n) is 3.98. The number of methoxy groups -OCH3 is 1. The molecule has 0 aliphatic rings. The molecule has 80 valence electrons. The number of aryl methyl sites for hydroxylation is 1. The van der Waals surface area contributed by atoms with E-state index >= 15 is 0 Å². The summed E-state index contributed by atoms with van der Waals surface area (Å²) in [5, 5.41) is 5.70. The molecule has 1 heterocycles. The summed E-state index contributed by atoms with van der Waals surface area (Å²) in [5.74, 6) is 0.891. The minimum absolute atomic E-state index is 0.345. The van der Waals surface area contributed by atoms with Crippen molar-refractivity contribution in [2.75, 3.05) is 7.11 Å². The normalized spacial score (nSPS) is 11.3. The predicted octanol–water partition coefficient (Wildman–Crippen LogP) is 2.93. The van der Waals surface area contributed by atoms with Crippen molar-refractivity contribution in [1.29, 1.82) is 0 Å². The van der Waals surface area contributed by atoms with Gasteiger partial charge in [0, 0.05) is 11.4 Å². The Morgan fingerprint density at radius 2 is 2.07 bits per heavy atom. The van der Waals surface area contributed by atoms with E-state index in [4.69, 9.17) is 4.74 Å². The predicted molar refractivity (Wildman–Crippen MR) is 61.4 cm³/mol. The van der Waals surface area contributed by atoms with E-state index in [9.17, 15) is 0 Å². The van der Waals surface area contributed by atoms with E-state index in [2.05, 4.69) is 25.0 Å². The van der Waals surface area contributed by atoms with E-state index in [1.807, 2.05) is 23.7 Å². The molecule has 0 N–H and O–H groups in total. The molecule has 3 nitrogen and oxygen atoms in total. The van der Waals surface area contributed by atoms with E-state index in [-0.39, 0.29) is 0 Å². The molecule has 2 rings (SSSR count). The van der Waals surface area contributed by atoms with Crippen molar-refractivity contribution in [2.45, 2.75) is 26.8 Å². The van der Waals surface area contributed by atoms with Crippen LogP contribution in [0.3, 0.4) is 0 Å². The van der Waals surface area contributed by atoms with Crippen LogP contribution in [0.15, 0.2) is 18.2 Å². The molecule has 0 fully saturated rings. The molecule has 1 aromatic carbocycles. The quantitative estimate of drug-likeness (QED) is 0.752. The maximum absolute atomic E-state index is 5.37. The maximum atomic E-state index is 5.37. The van der Waals surface area contributed by atoms with Gasteiger partial charge >= 0.3 is 0 Å². The van der Waals surface area contributed by atoms with Crippen LogP contribution < -0.4 is 4.74 Å². The van der Waals surface area contributed by atoms with Gasteiger partial charge in [-0.1, -0.05) is 12.1 Å². The van der Waals surface area contributed by atoms with Gasteiger partial charge in [0.05, 0.1) is 12.8 Å². The summed E-state index contributed by atoms with van der Waals surface area (Å²) >= 11 is 0. The number of hydrogen-bond donors (Lipinski definition) is 0. The fraction of sp³-hybridized carbons (Fsp3) is 0.417. The topological polar surface area (TPSA) is 27.1 Å². The van der Waals surface area contributed by atoms with E-state index in [0.717, 1.165) is 17.0 Å². The highest BCUT2D eigenvalue weighted by Gasteiger charge is 2.13. The van der Waals surface area contributed by atoms with Gasteiger partial charge in [-0.2, -0.15) is 5.10 Å². The lowest BCUT2D eigenvalue weighted by molar-refractivity contribution is 0.414. The lowest BCUT2D eigenvalue weighted by Gasteiger charge is -2.09. The zero-order valence-electron chi connectivity index (χ0n) is 9.61. The Bertz CT molecular complexity index is 486. The molecule has 1 aromatic heterocycles. The first-order chi connectivity index (χ1) is 7.15. The molecule has 0 saturated heterocycles. The standard InChI is InChI=1S/C12H16N2O/c1-8(2)14-12-10(9(3)13-14)6-5-7-11(12)15-4/h5-8H,1-4H3. The van der Waals surface area contributed by atoms with Crippen LogP contribution in [-0.2, 0) is 0 Å². The van der Waals surface area contributed by atoms with Crippen molar-refractivity contribution < 1.29 is 4.74 Å². The number of nitrogens with zero attached hydrogens (tertiary/aromatic N) is 2. The fourth-order valence-electron chi connectivity index (χ4n) is 1.85. The van der Waals surface area contributed by atoms with Gasteiger partial charge in [-0.15, -0.1) is 0 Å². The Morgan fingerprint density at radius 3 is 2.67 bits per heavy atom. The largest absolute Gasteiger partial charge is 0.494 e. The van der Waals surface area contributed by atoms with E-state index < -0.39 is 0 Å². The van der Waals surface area contributed by atoms with Crippen LogP contribution >= 0.6 is 0 Å². The molecule has 0 atom stereocenters. The lowest BCUT2D eigenvalue weighted by atomic mass is 10.2. The lowest BCUT2D eigenvalue weighted by Crippen LogP contribution is -2.03. The van der Waals surface area contributed by atoms with Crippen LogP contribution in [0.25, 0.3) is 10.9 Å². The first kappa shape index (κ1) is 10.0. The van der Waals surface area contributed by atoms with Gasteiger partial charge in [0.2, 0.25) is 0 Å². The molecule has 0 aliphatic heterocycles. The van der Waals surface area contributed by atoms with Gasteiger partial charge in [-0.05, 0) is 26.8 Å². The summed E-state index contributed by atoms with van der Waals surface area (Å²) < 4.78 is 7.39. The maximum Gasteiger partial charge on any atom is 0.144 e. The van der Waals surface area contributed by atoms with Gasteiger partial charge in [0.1, 0.15) is 11.3 Å². The minimum atomic E-state index is 0.345. The number of para-hydroxylation sites is 1. The van der Waals surface area contributed by atoms with E-state index in [1.54, 1.807) is 7.11 Å². The van der Waals surface area contributed by atoms with Crippen molar-refractivity contribution in [3.8, 4) is 5.75 Å². The Hall–Kier alpha value is -1.51. The minimum Gasteiger partial charge on any atom is -0.494 e. The Kier molecular flexibility index (Phi) is 2.39. The zero-order chi connectivity index (χ0) is 11.0. The van der Waals surface area contributed by atoms with Crippen LogP contribution in [0.1, 0.15) is 25.6 Å².